The summed E-state index contributed by atoms with van der Waals surface area (Å²) in [7, 11) is 0. The molecule has 1 aromatic carbocycles. The Morgan fingerprint density at radius 3 is 2.67 bits per heavy atom. The summed E-state index contributed by atoms with van der Waals surface area (Å²) in [5, 5.41) is 13.3. The number of halogens is 1. The predicted molar refractivity (Wildman–Crippen MR) is 71.0 cm³/mol. The highest BCUT2D eigenvalue weighted by atomic mass is 79.9. The summed E-state index contributed by atoms with van der Waals surface area (Å²) in [6, 6.07) is 4.14. The Morgan fingerprint density at radius 1 is 1.61 bits per heavy atom. The van der Waals surface area contributed by atoms with Crippen LogP contribution >= 0.6 is 15.9 Å². The molecule has 0 saturated carbocycles. The zero-order chi connectivity index (χ0) is 13.9. The number of nitro groups is 1. The van der Waals surface area contributed by atoms with Gasteiger partial charge in [0.2, 0.25) is 5.91 Å². The normalized spacial score (nSPS) is 13.8. The summed E-state index contributed by atoms with van der Waals surface area (Å²) in [5.41, 5.74) is 5.18. The third kappa shape index (κ3) is 2.85. The minimum absolute atomic E-state index is 0.0580. The SMILES string of the molecule is CCNC(=O)C(C)(N)c1ccc([N+](=O)[O-])cc1Br. The summed E-state index contributed by atoms with van der Waals surface area (Å²) in [5.74, 6) is -0.334. The number of benzene rings is 1. The molecule has 1 unspecified atom stereocenters. The van der Waals surface area contributed by atoms with Gasteiger partial charge in [-0.25, -0.2) is 0 Å². The quantitative estimate of drug-likeness (QED) is 0.652. The molecule has 0 spiro atoms. The van der Waals surface area contributed by atoms with Gasteiger partial charge in [0.15, 0.2) is 0 Å². The minimum atomic E-state index is -1.25. The number of nitrogens with zero attached hydrogens (tertiary/aromatic N) is 1. The van der Waals surface area contributed by atoms with E-state index in [0.717, 1.165) is 0 Å². The van der Waals surface area contributed by atoms with Crippen LogP contribution in [0.2, 0.25) is 0 Å². The topological polar surface area (TPSA) is 98.3 Å². The second kappa shape index (κ2) is 5.45. The molecule has 0 heterocycles. The Morgan fingerprint density at radius 2 is 2.22 bits per heavy atom. The van der Waals surface area contributed by atoms with Gasteiger partial charge in [0.25, 0.3) is 5.69 Å². The van der Waals surface area contributed by atoms with Crippen molar-refractivity contribution in [1.29, 1.82) is 0 Å². The number of amides is 1. The number of hydrogen-bond acceptors (Lipinski definition) is 4. The van der Waals surface area contributed by atoms with Gasteiger partial charge in [0.1, 0.15) is 5.54 Å². The summed E-state index contributed by atoms with van der Waals surface area (Å²) >= 11 is 3.21. The van der Waals surface area contributed by atoms with Crippen LogP contribution in [-0.2, 0) is 10.3 Å². The first-order chi connectivity index (χ1) is 8.30. The van der Waals surface area contributed by atoms with E-state index in [9.17, 15) is 14.9 Å². The second-order valence-corrected chi connectivity index (χ2v) is 4.84. The van der Waals surface area contributed by atoms with E-state index in [2.05, 4.69) is 21.2 Å². The smallest absolute Gasteiger partial charge is 0.270 e. The molecule has 0 fully saturated rings. The van der Waals surface area contributed by atoms with Crippen molar-refractivity contribution in [2.75, 3.05) is 6.54 Å². The van der Waals surface area contributed by atoms with Crippen LogP contribution in [0, 0.1) is 10.1 Å². The van der Waals surface area contributed by atoms with Crippen molar-refractivity contribution in [1.82, 2.24) is 5.32 Å². The van der Waals surface area contributed by atoms with E-state index in [1.54, 1.807) is 13.8 Å². The van der Waals surface area contributed by atoms with Crippen molar-refractivity contribution < 1.29 is 9.72 Å². The molecule has 98 valence electrons. The standard InChI is InChI=1S/C11H14BrN3O3/c1-3-14-10(16)11(2,13)8-5-4-7(15(17)18)6-9(8)12/h4-6H,3,13H2,1-2H3,(H,14,16). The molecule has 0 bridgehead atoms. The summed E-state index contributed by atoms with van der Waals surface area (Å²) in [6.45, 7) is 3.82. The summed E-state index contributed by atoms with van der Waals surface area (Å²) in [4.78, 5) is 22.0. The van der Waals surface area contributed by atoms with Gasteiger partial charge in [0, 0.05) is 23.2 Å². The lowest BCUT2D eigenvalue weighted by Crippen LogP contribution is -2.49. The van der Waals surface area contributed by atoms with Crippen LogP contribution in [0.4, 0.5) is 5.69 Å². The maximum Gasteiger partial charge on any atom is 0.270 e. The molecule has 18 heavy (non-hydrogen) atoms. The highest BCUT2D eigenvalue weighted by Gasteiger charge is 2.32. The zero-order valence-electron chi connectivity index (χ0n) is 10.1. The molecule has 1 amide bonds. The molecular weight excluding hydrogens is 302 g/mol. The lowest BCUT2D eigenvalue weighted by atomic mass is 9.92. The van der Waals surface area contributed by atoms with Crippen molar-refractivity contribution >= 4 is 27.5 Å². The zero-order valence-corrected chi connectivity index (χ0v) is 11.7. The molecule has 1 aromatic rings. The van der Waals surface area contributed by atoms with Crippen LogP contribution in [0.5, 0.6) is 0 Å². The van der Waals surface area contributed by atoms with Gasteiger partial charge < -0.3 is 11.1 Å². The number of likely N-dealkylation sites (N-methyl/N-ethyl adjacent to an activating group) is 1. The molecule has 0 aliphatic heterocycles. The Balaban J connectivity index is 3.17. The number of hydrogen-bond donors (Lipinski definition) is 2. The van der Waals surface area contributed by atoms with E-state index in [1.165, 1.54) is 18.2 Å². The first-order valence-corrected chi connectivity index (χ1v) is 6.11. The van der Waals surface area contributed by atoms with Crippen LogP contribution in [-0.4, -0.2) is 17.4 Å². The molecule has 0 saturated heterocycles. The lowest BCUT2D eigenvalue weighted by Gasteiger charge is -2.24. The first-order valence-electron chi connectivity index (χ1n) is 5.32. The maximum absolute atomic E-state index is 11.8. The number of carbonyl (C=O) groups excluding carboxylic acids is 1. The van der Waals surface area contributed by atoms with Crippen LogP contribution in [0.25, 0.3) is 0 Å². The second-order valence-electron chi connectivity index (χ2n) is 3.98. The average molecular weight is 316 g/mol. The Kier molecular flexibility index (Phi) is 4.42. The highest BCUT2D eigenvalue weighted by Crippen LogP contribution is 2.30. The molecule has 0 aromatic heterocycles. The number of rotatable bonds is 4. The van der Waals surface area contributed by atoms with Gasteiger partial charge in [-0.15, -0.1) is 0 Å². The molecule has 0 aliphatic rings. The van der Waals surface area contributed by atoms with Crippen molar-refractivity contribution in [3.05, 3.63) is 38.3 Å². The fourth-order valence-electron chi connectivity index (χ4n) is 1.51. The first kappa shape index (κ1) is 14.6. The van der Waals surface area contributed by atoms with Crippen LogP contribution in [0.3, 0.4) is 0 Å². The number of nitrogens with one attached hydrogen (secondary N) is 1. The Bertz CT molecular complexity index is 488. The van der Waals surface area contributed by atoms with Gasteiger partial charge in [-0.2, -0.15) is 0 Å². The number of non-ortho nitro benzene ring substituents is 1. The van der Waals surface area contributed by atoms with Gasteiger partial charge >= 0.3 is 0 Å². The molecule has 1 atom stereocenters. The predicted octanol–water partition coefficient (Wildman–Crippen LogP) is 1.67. The Labute approximate surface area is 113 Å². The summed E-state index contributed by atoms with van der Waals surface area (Å²) < 4.78 is 0.438. The Hall–Kier alpha value is -1.47. The van der Waals surface area contributed by atoms with Crippen molar-refractivity contribution in [3.8, 4) is 0 Å². The van der Waals surface area contributed by atoms with Crippen molar-refractivity contribution in [2.24, 2.45) is 5.73 Å². The molecule has 1 rings (SSSR count). The molecule has 3 N–H and O–H groups in total. The molecule has 0 aliphatic carbocycles. The number of nitrogens with two attached hydrogens (primary N) is 1. The van der Waals surface area contributed by atoms with E-state index >= 15 is 0 Å². The van der Waals surface area contributed by atoms with Crippen LogP contribution < -0.4 is 11.1 Å². The fourth-order valence-corrected chi connectivity index (χ4v) is 2.28. The molecule has 6 nitrogen and oxygen atoms in total. The van der Waals surface area contributed by atoms with Gasteiger partial charge in [-0.1, -0.05) is 15.9 Å². The van der Waals surface area contributed by atoms with E-state index < -0.39 is 10.5 Å². The maximum atomic E-state index is 11.8. The van der Waals surface area contributed by atoms with Gasteiger partial charge in [0.05, 0.1) is 4.92 Å². The third-order valence-electron chi connectivity index (χ3n) is 2.53. The molecular formula is C11H14BrN3O3. The fraction of sp³-hybridized carbons (Fsp3) is 0.364. The van der Waals surface area contributed by atoms with Crippen molar-refractivity contribution in [3.63, 3.8) is 0 Å². The number of nitro benzene ring substituents is 1. The third-order valence-corrected chi connectivity index (χ3v) is 3.19. The van der Waals surface area contributed by atoms with Gasteiger partial charge in [-0.3, -0.25) is 14.9 Å². The largest absolute Gasteiger partial charge is 0.354 e. The minimum Gasteiger partial charge on any atom is -0.354 e. The summed E-state index contributed by atoms with van der Waals surface area (Å²) in [6.07, 6.45) is 0. The highest BCUT2D eigenvalue weighted by molar-refractivity contribution is 9.10. The van der Waals surface area contributed by atoms with Crippen LogP contribution in [0.15, 0.2) is 22.7 Å². The van der Waals surface area contributed by atoms with E-state index in [1.807, 2.05) is 0 Å². The van der Waals surface area contributed by atoms with E-state index in [-0.39, 0.29) is 11.6 Å². The monoisotopic (exact) mass is 315 g/mol. The number of carbonyl (C=O) groups is 1. The lowest BCUT2D eigenvalue weighted by molar-refractivity contribution is -0.385. The molecule has 0 radical (unpaired) electrons. The van der Waals surface area contributed by atoms with E-state index in [4.69, 9.17) is 5.73 Å². The van der Waals surface area contributed by atoms with Crippen LogP contribution in [0.1, 0.15) is 19.4 Å². The molecule has 7 heteroatoms. The van der Waals surface area contributed by atoms with Crippen molar-refractivity contribution in [2.45, 2.75) is 19.4 Å². The van der Waals surface area contributed by atoms with E-state index in [0.29, 0.717) is 16.6 Å². The van der Waals surface area contributed by atoms with Gasteiger partial charge in [-0.05, 0) is 25.5 Å². The average Bonchev–Trinajstić information content (AvgIpc) is 2.28.